The Morgan fingerprint density at radius 2 is 1.96 bits per heavy atom. The van der Waals surface area contributed by atoms with E-state index in [0.717, 1.165) is 0 Å². The van der Waals surface area contributed by atoms with Gasteiger partial charge >= 0.3 is 0 Å². The fourth-order valence-corrected chi connectivity index (χ4v) is 3.41. The molecule has 27 heavy (non-hydrogen) atoms. The maximum Gasteiger partial charge on any atom is 0.257 e. The average molecular weight is 401 g/mol. The molecule has 1 aromatic carbocycles. The molecule has 9 heteroatoms. The van der Waals surface area contributed by atoms with Crippen molar-refractivity contribution in [3.63, 3.8) is 0 Å². The highest BCUT2D eigenvalue weighted by molar-refractivity contribution is 6.35. The van der Waals surface area contributed by atoms with Crippen LogP contribution in [0.3, 0.4) is 0 Å². The topological polar surface area (TPSA) is 106 Å². The second-order valence-corrected chi connectivity index (χ2v) is 6.90. The molecule has 7 nitrogen and oxygen atoms in total. The summed E-state index contributed by atoms with van der Waals surface area (Å²) in [5.41, 5.74) is 8.15. The van der Waals surface area contributed by atoms with E-state index in [1.165, 1.54) is 6.20 Å². The van der Waals surface area contributed by atoms with Gasteiger partial charge in [-0.25, -0.2) is 15.0 Å². The van der Waals surface area contributed by atoms with E-state index >= 15 is 0 Å². The van der Waals surface area contributed by atoms with Gasteiger partial charge in [-0.3, -0.25) is 4.79 Å². The number of nitrogen functional groups attached to an aromatic ring is 1. The van der Waals surface area contributed by atoms with E-state index < -0.39 is 11.3 Å². The number of nitrogens with zero attached hydrogens (tertiary/aromatic N) is 3. The largest absolute Gasteiger partial charge is 0.396 e. The van der Waals surface area contributed by atoms with E-state index in [4.69, 9.17) is 28.9 Å². The summed E-state index contributed by atoms with van der Waals surface area (Å²) in [7, 11) is 0. The number of aryl methyl sites for hydroxylation is 1. The second kappa shape index (κ2) is 6.68. The molecule has 3 heterocycles. The van der Waals surface area contributed by atoms with E-state index in [2.05, 4.69) is 25.6 Å². The van der Waals surface area contributed by atoms with Gasteiger partial charge in [-0.15, -0.1) is 11.6 Å². The monoisotopic (exact) mass is 400 g/mol. The van der Waals surface area contributed by atoms with E-state index in [9.17, 15) is 4.79 Å². The number of hydrogen-bond donors (Lipinski definition) is 3. The minimum atomic E-state index is -0.770. The fourth-order valence-electron chi connectivity index (χ4n) is 2.86. The second-order valence-electron chi connectivity index (χ2n) is 6.06. The Morgan fingerprint density at radius 1 is 1.15 bits per heavy atom. The van der Waals surface area contributed by atoms with Crippen LogP contribution in [0.15, 0.2) is 36.5 Å². The van der Waals surface area contributed by atoms with Crippen molar-refractivity contribution in [2.24, 2.45) is 0 Å². The third-order valence-electron chi connectivity index (χ3n) is 4.08. The van der Waals surface area contributed by atoms with Crippen molar-refractivity contribution in [3.8, 4) is 0 Å². The lowest BCUT2D eigenvalue weighted by Gasteiger charge is -2.18. The van der Waals surface area contributed by atoms with Crippen molar-refractivity contribution in [1.29, 1.82) is 0 Å². The Labute approximate surface area is 165 Å². The molecule has 4 rings (SSSR count). The molecule has 0 spiro atoms. The Morgan fingerprint density at radius 3 is 2.78 bits per heavy atom. The average Bonchev–Trinajstić information content (AvgIpc) is 2.62. The number of carbonyl (C=O) groups excluding carboxylic acids is 1. The number of aromatic nitrogens is 3. The molecule has 1 aliphatic rings. The molecule has 1 aliphatic heterocycles. The quantitative estimate of drug-likeness (QED) is 0.491. The molecule has 1 atom stereocenters. The van der Waals surface area contributed by atoms with Crippen LogP contribution in [0.4, 0.5) is 23.0 Å². The van der Waals surface area contributed by atoms with Gasteiger partial charge < -0.3 is 16.4 Å². The van der Waals surface area contributed by atoms with Crippen LogP contribution in [0.2, 0.25) is 5.02 Å². The van der Waals surface area contributed by atoms with Crippen LogP contribution in [-0.2, 0) is 0 Å². The first-order chi connectivity index (χ1) is 12.9. The molecule has 136 valence electrons. The van der Waals surface area contributed by atoms with Crippen molar-refractivity contribution >= 4 is 52.1 Å². The SMILES string of the molecule is Cc1cc2nc(n1)C(Cl)c1cccc(Cl)c1C(=O)Nc1cc(ncc1N)N2. The highest BCUT2D eigenvalue weighted by atomic mass is 35.5. The van der Waals surface area contributed by atoms with E-state index in [0.29, 0.717) is 40.1 Å². The number of pyridine rings is 1. The number of anilines is 4. The van der Waals surface area contributed by atoms with E-state index in [-0.39, 0.29) is 10.6 Å². The van der Waals surface area contributed by atoms with Crippen molar-refractivity contribution < 1.29 is 4.79 Å². The summed E-state index contributed by atoms with van der Waals surface area (Å²) >= 11 is 13.0. The fraction of sp³-hybridized carbons (Fsp3) is 0.111. The Bertz CT molecular complexity index is 1070. The van der Waals surface area contributed by atoms with Gasteiger partial charge in [0.1, 0.15) is 17.0 Å². The summed E-state index contributed by atoms with van der Waals surface area (Å²) in [5.74, 6) is 0.918. The lowest BCUT2D eigenvalue weighted by Crippen LogP contribution is -2.18. The standard InChI is InChI=1S/C18H14Cl2N6O/c1-8-5-14-25-13-6-12(11(21)7-22-13)24-18(27)15-9(3-2-4-10(15)19)16(20)17(23-8)26-14/h2-7,16H,21H2,1H3,(H,24,27)(H,22,23,25,26). The minimum Gasteiger partial charge on any atom is -0.396 e. The van der Waals surface area contributed by atoms with E-state index in [1.54, 1.807) is 30.3 Å². The Kier molecular flexibility index (Phi) is 4.33. The molecule has 1 amide bonds. The van der Waals surface area contributed by atoms with E-state index in [1.807, 2.05) is 6.92 Å². The summed E-state index contributed by atoms with van der Waals surface area (Å²) in [6.07, 6.45) is 1.45. The van der Waals surface area contributed by atoms with Gasteiger partial charge in [0.05, 0.1) is 28.2 Å². The summed E-state index contributed by atoms with van der Waals surface area (Å²) in [6.45, 7) is 1.83. The Hall–Kier alpha value is -2.90. The summed E-state index contributed by atoms with van der Waals surface area (Å²) in [5, 5.41) is 5.36. The predicted octanol–water partition coefficient (Wildman–Crippen LogP) is 4.05. The van der Waals surface area contributed by atoms with Gasteiger partial charge in [0.2, 0.25) is 0 Å². The van der Waals surface area contributed by atoms with Gasteiger partial charge in [0.15, 0.2) is 5.82 Å². The smallest absolute Gasteiger partial charge is 0.257 e. The molecule has 0 saturated heterocycles. The van der Waals surface area contributed by atoms with Crippen LogP contribution >= 0.6 is 23.2 Å². The maximum atomic E-state index is 12.9. The van der Waals surface area contributed by atoms with Crippen molar-refractivity contribution in [3.05, 3.63) is 64.2 Å². The molecule has 0 fully saturated rings. The molecule has 0 saturated carbocycles. The minimum absolute atomic E-state index is 0.247. The first-order valence-electron chi connectivity index (χ1n) is 8.04. The highest BCUT2D eigenvalue weighted by Gasteiger charge is 2.25. The summed E-state index contributed by atoms with van der Waals surface area (Å²) in [4.78, 5) is 26.1. The van der Waals surface area contributed by atoms with Crippen molar-refractivity contribution in [2.45, 2.75) is 12.3 Å². The zero-order valence-corrected chi connectivity index (χ0v) is 15.6. The lowest BCUT2D eigenvalue weighted by atomic mass is 10.0. The molecule has 1 unspecified atom stereocenters. The maximum absolute atomic E-state index is 12.9. The van der Waals surface area contributed by atoms with Crippen molar-refractivity contribution in [2.75, 3.05) is 16.4 Å². The third-order valence-corrected chi connectivity index (χ3v) is 4.83. The molecule has 2 aromatic heterocycles. The number of alkyl halides is 1. The summed E-state index contributed by atoms with van der Waals surface area (Å²) < 4.78 is 0. The van der Waals surface area contributed by atoms with Gasteiger partial charge in [0, 0.05) is 17.8 Å². The van der Waals surface area contributed by atoms with Crippen LogP contribution in [0.25, 0.3) is 0 Å². The first-order valence-corrected chi connectivity index (χ1v) is 8.86. The third kappa shape index (κ3) is 3.27. The molecule has 4 bridgehead atoms. The zero-order chi connectivity index (χ0) is 19.1. The molecular formula is C18H14Cl2N6O. The van der Waals surface area contributed by atoms with Crippen LogP contribution < -0.4 is 16.4 Å². The normalized spacial score (nSPS) is 15.7. The van der Waals surface area contributed by atoms with Gasteiger partial charge in [-0.05, 0) is 18.6 Å². The van der Waals surface area contributed by atoms with Crippen LogP contribution in [0.5, 0.6) is 0 Å². The Balaban J connectivity index is 1.99. The molecule has 0 aliphatic carbocycles. The molecule has 3 aromatic rings. The van der Waals surface area contributed by atoms with Gasteiger partial charge in [-0.1, -0.05) is 23.7 Å². The number of rotatable bonds is 0. The number of hydrogen-bond acceptors (Lipinski definition) is 6. The number of fused-ring (bicyclic) bond motifs is 5. The summed E-state index contributed by atoms with van der Waals surface area (Å²) in [6, 6.07) is 8.48. The van der Waals surface area contributed by atoms with Crippen LogP contribution in [0.1, 0.15) is 32.8 Å². The molecule has 0 radical (unpaired) electrons. The van der Waals surface area contributed by atoms with Crippen molar-refractivity contribution in [1.82, 2.24) is 15.0 Å². The molecule has 4 N–H and O–H groups in total. The molecular weight excluding hydrogens is 387 g/mol. The first kappa shape index (κ1) is 17.5. The number of amides is 1. The number of nitrogens with one attached hydrogen (secondary N) is 2. The van der Waals surface area contributed by atoms with Gasteiger partial charge in [0.25, 0.3) is 5.91 Å². The number of benzene rings is 1. The zero-order valence-electron chi connectivity index (χ0n) is 14.1. The van der Waals surface area contributed by atoms with Gasteiger partial charge in [-0.2, -0.15) is 0 Å². The number of halogens is 2. The predicted molar refractivity (Wildman–Crippen MR) is 106 cm³/mol. The number of nitrogens with two attached hydrogens (primary N) is 1. The lowest BCUT2D eigenvalue weighted by molar-refractivity contribution is 0.102. The van der Waals surface area contributed by atoms with Crippen LogP contribution in [0, 0.1) is 6.92 Å². The van der Waals surface area contributed by atoms with Crippen LogP contribution in [-0.4, -0.2) is 20.9 Å². The number of carbonyl (C=O) groups is 1. The highest BCUT2D eigenvalue weighted by Crippen LogP contribution is 2.35.